The van der Waals surface area contributed by atoms with E-state index >= 15 is 0 Å². The van der Waals surface area contributed by atoms with Crippen molar-refractivity contribution in [3.05, 3.63) is 77.1 Å². The summed E-state index contributed by atoms with van der Waals surface area (Å²) in [5.41, 5.74) is 0.734. The molecular formula is C23H17ClF4N10O. The fourth-order valence-corrected chi connectivity index (χ4v) is 5.19. The Morgan fingerprint density at radius 2 is 1.92 bits per heavy atom. The lowest BCUT2D eigenvalue weighted by molar-refractivity contribution is -0.142. The van der Waals surface area contributed by atoms with Crippen LogP contribution in [0.5, 0.6) is 0 Å². The summed E-state index contributed by atoms with van der Waals surface area (Å²) in [6.45, 7) is 0.469. The molecule has 0 fully saturated rings. The lowest BCUT2D eigenvalue weighted by Crippen LogP contribution is -2.25. The van der Waals surface area contributed by atoms with Gasteiger partial charge in [0.15, 0.2) is 11.5 Å². The fourth-order valence-electron chi connectivity index (χ4n) is 4.95. The summed E-state index contributed by atoms with van der Waals surface area (Å²) in [6, 6.07) is 2.62. The zero-order chi connectivity index (χ0) is 27.5. The normalized spacial score (nSPS) is 19.0. The lowest BCUT2D eigenvalue weighted by Gasteiger charge is -2.24. The van der Waals surface area contributed by atoms with Crippen LogP contribution in [0.15, 0.2) is 49.3 Å². The zero-order valence-corrected chi connectivity index (χ0v) is 20.7. The maximum Gasteiger partial charge on any atom is 0.408 e. The molecule has 11 nitrogen and oxygen atoms in total. The fraction of sp³-hybridized carbons (Fsp3) is 0.261. The quantitative estimate of drug-likeness (QED) is 0.325. The monoisotopic (exact) mass is 560 g/mol. The Kier molecular flexibility index (Phi) is 5.64. The molecule has 0 radical (unpaired) electrons. The lowest BCUT2D eigenvalue weighted by atomic mass is 9.80. The molecule has 0 bridgehead atoms. The number of rotatable bonds is 5. The topological polar surface area (TPSA) is 121 Å². The Bertz CT molecular complexity index is 1710. The molecule has 1 aliphatic carbocycles. The van der Waals surface area contributed by atoms with E-state index in [2.05, 4.69) is 35.7 Å². The molecule has 6 rings (SSSR count). The van der Waals surface area contributed by atoms with Gasteiger partial charge in [-0.25, -0.2) is 14.5 Å². The maximum atomic E-state index is 14.1. The van der Waals surface area contributed by atoms with Crippen molar-refractivity contribution in [2.75, 3.05) is 5.32 Å². The molecule has 0 saturated heterocycles. The minimum absolute atomic E-state index is 0.130. The van der Waals surface area contributed by atoms with Crippen LogP contribution in [0.1, 0.15) is 36.1 Å². The Morgan fingerprint density at radius 3 is 2.64 bits per heavy atom. The Morgan fingerprint density at radius 1 is 1.15 bits per heavy atom. The number of carbonyl (C=O) groups is 1. The average Bonchev–Trinajstić information content (AvgIpc) is 3.64. The number of fused-ring (bicyclic) bond motifs is 3. The number of pyridine rings is 1. The highest BCUT2D eigenvalue weighted by atomic mass is 35.5. The van der Waals surface area contributed by atoms with Crippen molar-refractivity contribution in [3.8, 4) is 5.82 Å². The van der Waals surface area contributed by atoms with Gasteiger partial charge in [0.2, 0.25) is 11.9 Å². The first-order valence-electron chi connectivity index (χ1n) is 11.5. The van der Waals surface area contributed by atoms with Crippen molar-refractivity contribution in [1.29, 1.82) is 0 Å². The van der Waals surface area contributed by atoms with Crippen LogP contribution in [0.2, 0.25) is 5.02 Å². The number of carbonyl (C=O) groups excluding carboxylic acids is 1. The van der Waals surface area contributed by atoms with Crippen molar-refractivity contribution < 1.29 is 22.4 Å². The molecule has 1 N–H and O–H groups in total. The Balaban J connectivity index is 1.37. The second-order valence-corrected chi connectivity index (χ2v) is 9.67. The van der Waals surface area contributed by atoms with E-state index in [-0.39, 0.29) is 22.9 Å². The summed E-state index contributed by atoms with van der Waals surface area (Å²) >= 11 is 6.33. The summed E-state index contributed by atoms with van der Waals surface area (Å²) in [5, 5.41) is 18.7. The summed E-state index contributed by atoms with van der Waals surface area (Å²) in [4.78, 5) is 23.2. The Labute approximate surface area is 221 Å². The molecule has 0 unspecified atom stereocenters. The molecule has 1 aliphatic rings. The highest BCUT2D eigenvalue weighted by Crippen LogP contribution is 2.50. The van der Waals surface area contributed by atoms with Crippen molar-refractivity contribution in [3.63, 3.8) is 0 Å². The van der Waals surface area contributed by atoms with Gasteiger partial charge >= 0.3 is 6.18 Å². The molecule has 39 heavy (non-hydrogen) atoms. The molecule has 2 atom stereocenters. The first-order valence-corrected chi connectivity index (χ1v) is 11.9. The number of amides is 1. The second-order valence-electron chi connectivity index (χ2n) is 9.27. The number of nitrogens with one attached hydrogen (secondary N) is 1. The van der Waals surface area contributed by atoms with Crippen LogP contribution in [0.4, 0.5) is 23.2 Å². The predicted octanol–water partition coefficient (Wildman–Crippen LogP) is 3.69. The van der Waals surface area contributed by atoms with Crippen molar-refractivity contribution in [1.82, 2.24) is 44.4 Å². The molecule has 1 amide bonds. The molecule has 5 aromatic rings. The van der Waals surface area contributed by atoms with Gasteiger partial charge in [0.05, 0.1) is 47.1 Å². The van der Waals surface area contributed by atoms with E-state index in [9.17, 15) is 22.4 Å². The summed E-state index contributed by atoms with van der Waals surface area (Å²) in [5.74, 6) is -1.78. The highest BCUT2D eigenvalue weighted by molar-refractivity contribution is 6.32. The molecular weight excluding hydrogens is 544 g/mol. The van der Waals surface area contributed by atoms with Gasteiger partial charge in [0.1, 0.15) is 6.54 Å². The van der Waals surface area contributed by atoms with E-state index < -0.39 is 35.9 Å². The van der Waals surface area contributed by atoms with Crippen LogP contribution >= 0.6 is 11.6 Å². The van der Waals surface area contributed by atoms with E-state index in [4.69, 9.17) is 11.6 Å². The van der Waals surface area contributed by atoms with E-state index in [0.717, 1.165) is 10.7 Å². The van der Waals surface area contributed by atoms with Gasteiger partial charge in [-0.2, -0.15) is 32.9 Å². The molecule has 0 aromatic carbocycles. The standard InChI is InChI=1S/C23H17ClF4N10O/c1-22(12-7-33-36(10-12)11-23(26,27)28)6-14(15-9-29-18-5-17(25)35-37(18)19(15)22)21(39)34-13-4-16(24)20(30-8-13)38-31-2-3-32-38/h2-5,7-10,14H,6,11H2,1H3,(H,34,39)/t14-,22+/m1/s1. The number of alkyl halides is 3. The minimum atomic E-state index is -4.47. The van der Waals surface area contributed by atoms with Gasteiger partial charge in [-0.15, -0.1) is 9.90 Å². The van der Waals surface area contributed by atoms with Gasteiger partial charge in [-0.3, -0.25) is 9.48 Å². The van der Waals surface area contributed by atoms with Gasteiger partial charge < -0.3 is 5.32 Å². The maximum absolute atomic E-state index is 14.1. The predicted molar refractivity (Wildman–Crippen MR) is 128 cm³/mol. The average molecular weight is 561 g/mol. The molecule has 0 spiro atoms. The molecule has 0 saturated carbocycles. The highest BCUT2D eigenvalue weighted by Gasteiger charge is 2.48. The van der Waals surface area contributed by atoms with E-state index in [1.165, 1.54) is 52.6 Å². The van der Waals surface area contributed by atoms with E-state index in [0.29, 0.717) is 22.5 Å². The van der Waals surface area contributed by atoms with Crippen LogP contribution in [-0.2, 0) is 16.8 Å². The summed E-state index contributed by atoms with van der Waals surface area (Å²) in [7, 11) is 0. The van der Waals surface area contributed by atoms with Gasteiger partial charge in [0, 0.05) is 35.0 Å². The number of hydrogen-bond donors (Lipinski definition) is 1. The third-order valence-corrected chi connectivity index (χ3v) is 6.90. The largest absolute Gasteiger partial charge is 0.408 e. The number of hydrogen-bond acceptors (Lipinski definition) is 7. The van der Waals surface area contributed by atoms with Crippen LogP contribution in [0, 0.1) is 5.95 Å². The van der Waals surface area contributed by atoms with Crippen molar-refractivity contribution in [2.45, 2.75) is 37.4 Å². The second kappa shape index (κ2) is 8.83. The van der Waals surface area contributed by atoms with Crippen LogP contribution in [-0.4, -0.2) is 56.4 Å². The number of aromatic nitrogens is 9. The molecule has 5 heterocycles. The summed E-state index contributed by atoms with van der Waals surface area (Å²) < 4.78 is 55.1. The first-order chi connectivity index (χ1) is 18.5. The van der Waals surface area contributed by atoms with E-state index in [1.54, 1.807) is 6.92 Å². The SMILES string of the molecule is C[C@@]1(c2cnn(CC(F)(F)F)c2)C[C@@H](C(=O)Nc2cnc(-n3nccn3)c(Cl)c2)c2cnc3cc(F)nn3c21. The van der Waals surface area contributed by atoms with Crippen LogP contribution in [0.25, 0.3) is 11.5 Å². The van der Waals surface area contributed by atoms with E-state index in [1.807, 2.05) is 0 Å². The third kappa shape index (κ3) is 4.37. The number of halogens is 5. The zero-order valence-electron chi connectivity index (χ0n) is 19.9. The molecule has 200 valence electrons. The van der Waals surface area contributed by atoms with Gasteiger partial charge in [-0.1, -0.05) is 11.6 Å². The number of anilines is 1. The van der Waals surface area contributed by atoms with Crippen LogP contribution < -0.4 is 5.32 Å². The smallest absolute Gasteiger partial charge is 0.324 e. The first kappa shape index (κ1) is 24.9. The summed E-state index contributed by atoms with van der Waals surface area (Å²) in [6.07, 6.45) is 4.02. The van der Waals surface area contributed by atoms with Gasteiger partial charge in [-0.05, 0) is 19.4 Å². The minimum Gasteiger partial charge on any atom is -0.324 e. The van der Waals surface area contributed by atoms with Crippen LogP contribution in [0.3, 0.4) is 0 Å². The third-order valence-electron chi connectivity index (χ3n) is 6.62. The van der Waals surface area contributed by atoms with Crippen molar-refractivity contribution in [2.24, 2.45) is 0 Å². The Hall–Kier alpha value is -4.40. The van der Waals surface area contributed by atoms with Gasteiger partial charge in [0.25, 0.3) is 0 Å². The molecule has 16 heteroatoms. The number of nitrogens with zero attached hydrogens (tertiary/aromatic N) is 9. The molecule has 0 aliphatic heterocycles. The molecule has 5 aromatic heterocycles. The van der Waals surface area contributed by atoms with Crippen molar-refractivity contribution >= 4 is 28.8 Å².